The zero-order valence-electron chi connectivity index (χ0n) is 16.2. The van der Waals surface area contributed by atoms with Crippen LogP contribution in [0.4, 0.5) is 11.4 Å². The number of methoxy groups -OCH3 is 1. The minimum Gasteiger partial charge on any atom is -0.545 e. The van der Waals surface area contributed by atoms with Crippen molar-refractivity contribution in [3.63, 3.8) is 0 Å². The maximum Gasteiger partial charge on any atom is 0.266 e. The van der Waals surface area contributed by atoms with Gasteiger partial charge in [-0.3, -0.25) is 14.4 Å². The van der Waals surface area contributed by atoms with Gasteiger partial charge in [-0.25, -0.2) is 4.90 Å². The number of aromatic carboxylic acids is 1. The fourth-order valence-corrected chi connectivity index (χ4v) is 3.33. The fraction of sp³-hybridized carbons (Fsp3) is 0.0435. The molecular weight excluding hydrogens is 400 g/mol. The first-order valence-electron chi connectivity index (χ1n) is 9.19. The molecule has 3 amide bonds. The Bertz CT molecular complexity index is 1250. The third-order valence-electron chi connectivity index (χ3n) is 4.86. The first-order chi connectivity index (χ1) is 14.9. The third kappa shape index (κ3) is 3.51. The number of fused-ring (bicyclic) bond motifs is 1. The highest BCUT2D eigenvalue weighted by Gasteiger charge is 2.37. The molecule has 0 spiro atoms. The summed E-state index contributed by atoms with van der Waals surface area (Å²) < 4.78 is 5.15. The van der Waals surface area contributed by atoms with Crippen molar-refractivity contribution in [2.45, 2.75) is 0 Å². The van der Waals surface area contributed by atoms with E-state index in [1.807, 2.05) is 0 Å². The number of amides is 3. The molecule has 8 heteroatoms. The van der Waals surface area contributed by atoms with Gasteiger partial charge in [0.05, 0.1) is 35.6 Å². The van der Waals surface area contributed by atoms with E-state index in [9.17, 15) is 24.3 Å². The highest BCUT2D eigenvalue weighted by Crippen LogP contribution is 2.31. The molecule has 0 unspecified atom stereocenters. The van der Waals surface area contributed by atoms with Crippen LogP contribution in [-0.4, -0.2) is 30.8 Å². The van der Waals surface area contributed by atoms with Crippen molar-refractivity contribution >= 4 is 35.1 Å². The van der Waals surface area contributed by atoms with E-state index in [0.29, 0.717) is 11.4 Å². The Hall–Kier alpha value is -4.46. The number of anilines is 2. The molecule has 4 rings (SSSR count). The SMILES string of the molecule is COc1cccc(N2C(=O)c3ccc(C(=O)Nc4ccccc4C(=O)[O-])cc3C2=O)c1. The van der Waals surface area contributed by atoms with Crippen molar-refractivity contribution < 1.29 is 29.0 Å². The van der Waals surface area contributed by atoms with Crippen molar-refractivity contribution in [2.24, 2.45) is 0 Å². The smallest absolute Gasteiger partial charge is 0.266 e. The first-order valence-corrected chi connectivity index (χ1v) is 9.19. The molecule has 1 aliphatic rings. The zero-order chi connectivity index (χ0) is 22.1. The van der Waals surface area contributed by atoms with Crippen LogP contribution in [0.2, 0.25) is 0 Å². The number of carbonyl (C=O) groups is 4. The van der Waals surface area contributed by atoms with Crippen LogP contribution in [0, 0.1) is 0 Å². The Labute approximate surface area is 176 Å². The molecule has 1 aliphatic heterocycles. The van der Waals surface area contributed by atoms with E-state index in [-0.39, 0.29) is 27.9 Å². The van der Waals surface area contributed by atoms with Crippen LogP contribution in [0.1, 0.15) is 41.4 Å². The van der Waals surface area contributed by atoms with Crippen molar-refractivity contribution in [1.82, 2.24) is 0 Å². The van der Waals surface area contributed by atoms with Gasteiger partial charge >= 0.3 is 0 Å². The number of hydrogen-bond donors (Lipinski definition) is 1. The molecule has 3 aromatic rings. The average Bonchev–Trinajstić information content (AvgIpc) is 3.03. The second-order valence-corrected chi connectivity index (χ2v) is 6.69. The number of carbonyl (C=O) groups excluding carboxylic acids is 4. The molecule has 0 aromatic heterocycles. The molecule has 0 fully saturated rings. The van der Waals surface area contributed by atoms with Gasteiger partial charge in [0.25, 0.3) is 17.7 Å². The van der Waals surface area contributed by atoms with Crippen LogP contribution in [0.3, 0.4) is 0 Å². The van der Waals surface area contributed by atoms with E-state index in [2.05, 4.69) is 5.32 Å². The molecule has 0 radical (unpaired) electrons. The molecule has 31 heavy (non-hydrogen) atoms. The van der Waals surface area contributed by atoms with E-state index >= 15 is 0 Å². The highest BCUT2D eigenvalue weighted by molar-refractivity contribution is 6.34. The molecule has 1 N–H and O–H groups in total. The lowest BCUT2D eigenvalue weighted by Gasteiger charge is -2.14. The lowest BCUT2D eigenvalue weighted by atomic mass is 10.0. The van der Waals surface area contributed by atoms with E-state index in [4.69, 9.17) is 4.74 Å². The zero-order valence-corrected chi connectivity index (χ0v) is 16.2. The summed E-state index contributed by atoms with van der Waals surface area (Å²) in [6.07, 6.45) is 0. The number of ether oxygens (including phenoxy) is 1. The average molecular weight is 415 g/mol. The Morgan fingerprint density at radius 3 is 2.39 bits per heavy atom. The molecule has 3 aromatic carbocycles. The number of nitrogens with one attached hydrogen (secondary N) is 1. The molecule has 154 valence electrons. The van der Waals surface area contributed by atoms with Crippen LogP contribution in [0.15, 0.2) is 66.7 Å². The first kappa shape index (κ1) is 19.8. The molecule has 0 saturated carbocycles. The van der Waals surface area contributed by atoms with Crippen LogP contribution >= 0.6 is 0 Å². The molecule has 0 atom stereocenters. The second kappa shape index (κ2) is 7.75. The van der Waals surface area contributed by atoms with Crippen molar-refractivity contribution in [3.8, 4) is 5.75 Å². The van der Waals surface area contributed by atoms with Gasteiger partial charge in [0, 0.05) is 17.2 Å². The number of rotatable bonds is 5. The Balaban J connectivity index is 1.64. The van der Waals surface area contributed by atoms with Gasteiger partial charge in [0.2, 0.25) is 0 Å². The summed E-state index contributed by atoms with van der Waals surface area (Å²) in [7, 11) is 1.48. The van der Waals surface area contributed by atoms with Crippen molar-refractivity contribution in [1.29, 1.82) is 0 Å². The van der Waals surface area contributed by atoms with Crippen LogP contribution in [0.5, 0.6) is 5.75 Å². The summed E-state index contributed by atoms with van der Waals surface area (Å²) in [6.45, 7) is 0. The Morgan fingerprint density at radius 1 is 0.903 bits per heavy atom. The van der Waals surface area contributed by atoms with Gasteiger partial charge in [-0.05, 0) is 36.4 Å². The van der Waals surface area contributed by atoms with Crippen LogP contribution in [-0.2, 0) is 0 Å². The number of para-hydroxylation sites is 1. The van der Waals surface area contributed by atoms with Gasteiger partial charge in [0.15, 0.2) is 0 Å². The molecule has 0 aliphatic carbocycles. The van der Waals surface area contributed by atoms with Gasteiger partial charge in [-0.2, -0.15) is 0 Å². The summed E-state index contributed by atoms with van der Waals surface area (Å²) in [5.41, 5.74) is 0.578. The number of carboxylic acid groups (broad SMARTS) is 1. The van der Waals surface area contributed by atoms with E-state index in [1.165, 1.54) is 43.5 Å². The summed E-state index contributed by atoms with van der Waals surface area (Å²) in [6, 6.07) is 16.4. The predicted molar refractivity (Wildman–Crippen MR) is 109 cm³/mol. The molecule has 0 bridgehead atoms. The summed E-state index contributed by atoms with van der Waals surface area (Å²) >= 11 is 0. The molecular formula is C23H15N2O6-. The van der Waals surface area contributed by atoms with E-state index < -0.39 is 23.7 Å². The van der Waals surface area contributed by atoms with Gasteiger partial charge in [-0.15, -0.1) is 0 Å². The molecule has 1 heterocycles. The predicted octanol–water partition coefficient (Wildman–Crippen LogP) is 2.11. The minimum atomic E-state index is -1.43. The lowest BCUT2D eigenvalue weighted by Crippen LogP contribution is -2.29. The third-order valence-corrected chi connectivity index (χ3v) is 4.86. The number of benzene rings is 3. The fourth-order valence-electron chi connectivity index (χ4n) is 3.33. The van der Waals surface area contributed by atoms with Crippen molar-refractivity contribution in [3.05, 3.63) is 89.0 Å². The second-order valence-electron chi connectivity index (χ2n) is 6.69. The minimum absolute atomic E-state index is 0.0633. The standard InChI is InChI=1S/C23H16N2O6/c1-31-15-6-4-5-14(12-15)25-21(27)16-10-9-13(11-18(16)22(25)28)20(26)24-19-8-3-2-7-17(19)23(29)30/h2-12H,1H3,(H,24,26)(H,29,30)/p-1. The Morgan fingerprint density at radius 2 is 1.65 bits per heavy atom. The van der Waals surface area contributed by atoms with Crippen LogP contribution < -0.4 is 20.1 Å². The van der Waals surface area contributed by atoms with Gasteiger partial charge in [0.1, 0.15) is 5.75 Å². The van der Waals surface area contributed by atoms with Gasteiger partial charge < -0.3 is 20.0 Å². The number of imide groups is 1. The quantitative estimate of drug-likeness (QED) is 0.638. The van der Waals surface area contributed by atoms with Gasteiger partial charge in [-0.1, -0.05) is 24.3 Å². The Kier molecular flexibility index (Phi) is 4.96. The highest BCUT2D eigenvalue weighted by atomic mass is 16.5. The monoisotopic (exact) mass is 415 g/mol. The van der Waals surface area contributed by atoms with E-state index in [0.717, 1.165) is 4.90 Å². The maximum atomic E-state index is 12.9. The summed E-state index contributed by atoms with van der Waals surface area (Å²) in [5.74, 6) is -2.66. The summed E-state index contributed by atoms with van der Waals surface area (Å²) in [4.78, 5) is 50.6. The van der Waals surface area contributed by atoms with Crippen LogP contribution in [0.25, 0.3) is 0 Å². The summed E-state index contributed by atoms with van der Waals surface area (Å²) in [5, 5.41) is 13.7. The van der Waals surface area contributed by atoms with E-state index in [1.54, 1.807) is 30.3 Å². The maximum absolute atomic E-state index is 12.9. The molecule has 8 nitrogen and oxygen atoms in total. The largest absolute Gasteiger partial charge is 0.545 e. The number of nitrogens with zero attached hydrogens (tertiary/aromatic N) is 1. The topological polar surface area (TPSA) is 116 Å². The lowest BCUT2D eigenvalue weighted by molar-refractivity contribution is -0.254. The normalized spacial score (nSPS) is 12.5. The number of hydrogen-bond acceptors (Lipinski definition) is 6. The number of carboxylic acids is 1. The molecule has 0 saturated heterocycles. The van der Waals surface area contributed by atoms with Crippen molar-refractivity contribution in [2.75, 3.05) is 17.3 Å².